The third-order valence-corrected chi connectivity index (χ3v) is 4.82. The first-order valence-corrected chi connectivity index (χ1v) is 9.06. The zero-order valence-electron chi connectivity index (χ0n) is 15.8. The van der Waals surface area contributed by atoms with Gasteiger partial charge in [-0.05, 0) is 30.5 Å². The molecule has 0 heterocycles. The molecule has 29 heavy (non-hydrogen) atoms. The summed E-state index contributed by atoms with van der Waals surface area (Å²) < 4.78 is 39.6. The van der Waals surface area contributed by atoms with Gasteiger partial charge in [0.15, 0.2) is 18.1 Å². The Hall–Kier alpha value is -3.16. The van der Waals surface area contributed by atoms with Gasteiger partial charge in [0.05, 0.1) is 7.11 Å². The summed E-state index contributed by atoms with van der Waals surface area (Å²) in [4.78, 5) is 24.4. The second-order valence-corrected chi connectivity index (χ2v) is 6.71. The van der Waals surface area contributed by atoms with Gasteiger partial charge in [0.2, 0.25) is 0 Å². The number of rotatable bonds is 9. The first-order chi connectivity index (χ1) is 13.9. The molecule has 2 aromatic rings. The number of methoxy groups -OCH3 is 1. The lowest BCUT2D eigenvalue weighted by Gasteiger charge is -2.17. The highest BCUT2D eigenvalue weighted by atomic mass is 19.3. The molecule has 1 aliphatic rings. The molecule has 0 aliphatic heterocycles. The Morgan fingerprint density at radius 3 is 2.45 bits per heavy atom. The van der Waals surface area contributed by atoms with Crippen LogP contribution in [0.25, 0.3) is 0 Å². The number of carbonyl (C=O) groups is 2. The van der Waals surface area contributed by atoms with Crippen molar-refractivity contribution in [2.24, 2.45) is 0 Å². The normalized spacial score (nSPS) is 14.2. The van der Waals surface area contributed by atoms with E-state index >= 15 is 0 Å². The predicted octanol–water partition coefficient (Wildman–Crippen LogP) is 3.30. The third kappa shape index (κ3) is 5.01. The first kappa shape index (κ1) is 20.6. The molecule has 0 saturated heterocycles. The van der Waals surface area contributed by atoms with E-state index < -0.39 is 30.8 Å². The summed E-state index contributed by atoms with van der Waals surface area (Å²) in [6.07, 6.45) is 1.93. The Kier molecular flexibility index (Phi) is 6.31. The Labute approximate surface area is 166 Å². The highest BCUT2D eigenvalue weighted by molar-refractivity contribution is 5.95. The largest absolute Gasteiger partial charge is 0.493 e. The van der Waals surface area contributed by atoms with Crippen molar-refractivity contribution in [2.75, 3.05) is 20.3 Å². The smallest absolute Gasteiger partial charge is 0.387 e. The molecule has 1 saturated carbocycles. The lowest BCUT2D eigenvalue weighted by atomic mass is 9.96. The molecule has 0 aromatic heterocycles. The number of amides is 1. The molecule has 0 unspecified atom stereocenters. The van der Waals surface area contributed by atoms with E-state index in [1.54, 1.807) is 0 Å². The van der Waals surface area contributed by atoms with E-state index in [9.17, 15) is 18.4 Å². The number of hydrogen-bond donors (Lipinski definition) is 1. The number of hydrogen-bond acceptors (Lipinski definition) is 5. The van der Waals surface area contributed by atoms with Crippen LogP contribution in [0.5, 0.6) is 11.5 Å². The lowest BCUT2D eigenvalue weighted by molar-refractivity contribution is -0.124. The number of halogens is 2. The molecule has 1 aliphatic carbocycles. The number of ether oxygens (including phenoxy) is 3. The zero-order chi connectivity index (χ0) is 20.9. The molecule has 8 heteroatoms. The van der Waals surface area contributed by atoms with E-state index in [-0.39, 0.29) is 16.7 Å². The fraction of sp³-hybridized carbons (Fsp3) is 0.333. The average Bonchev–Trinajstić information content (AvgIpc) is 3.52. The summed E-state index contributed by atoms with van der Waals surface area (Å²) in [6.45, 7) is -3.24. The van der Waals surface area contributed by atoms with Crippen LogP contribution in [0.15, 0.2) is 48.5 Å². The van der Waals surface area contributed by atoms with Crippen molar-refractivity contribution in [3.8, 4) is 11.5 Å². The van der Waals surface area contributed by atoms with Crippen molar-refractivity contribution in [1.82, 2.24) is 5.32 Å². The van der Waals surface area contributed by atoms with Crippen LogP contribution >= 0.6 is 0 Å². The SMILES string of the molecule is COc1cccc(C(=O)OCC(=O)NCC2(c3ccccc3)CC2)c1OC(F)F. The monoisotopic (exact) mass is 405 g/mol. The van der Waals surface area contributed by atoms with Crippen molar-refractivity contribution in [3.63, 3.8) is 0 Å². The third-order valence-electron chi connectivity index (χ3n) is 4.82. The molecule has 2 aromatic carbocycles. The van der Waals surface area contributed by atoms with Crippen LogP contribution in [-0.4, -0.2) is 38.7 Å². The number of benzene rings is 2. The maximum Gasteiger partial charge on any atom is 0.387 e. The summed E-state index contributed by atoms with van der Waals surface area (Å²) in [5, 5.41) is 2.77. The molecule has 154 valence electrons. The van der Waals surface area contributed by atoms with E-state index in [1.165, 1.54) is 25.3 Å². The molecule has 1 fully saturated rings. The van der Waals surface area contributed by atoms with Crippen LogP contribution in [-0.2, 0) is 14.9 Å². The minimum Gasteiger partial charge on any atom is -0.493 e. The summed E-state index contributed by atoms with van der Waals surface area (Å²) in [6, 6.07) is 13.9. The topological polar surface area (TPSA) is 73.9 Å². The van der Waals surface area contributed by atoms with Crippen LogP contribution in [0.1, 0.15) is 28.8 Å². The number of para-hydroxylation sites is 1. The molecule has 1 amide bonds. The van der Waals surface area contributed by atoms with E-state index in [0.717, 1.165) is 18.4 Å². The van der Waals surface area contributed by atoms with Gasteiger partial charge in [-0.15, -0.1) is 0 Å². The van der Waals surface area contributed by atoms with Crippen molar-refractivity contribution in [3.05, 3.63) is 59.7 Å². The van der Waals surface area contributed by atoms with Crippen LogP contribution < -0.4 is 14.8 Å². The fourth-order valence-electron chi connectivity index (χ4n) is 3.09. The van der Waals surface area contributed by atoms with Crippen LogP contribution in [0, 0.1) is 0 Å². The summed E-state index contributed by atoms with van der Waals surface area (Å²) in [5.74, 6) is -1.90. The van der Waals surface area contributed by atoms with Gasteiger partial charge in [-0.2, -0.15) is 8.78 Å². The maximum atomic E-state index is 12.7. The van der Waals surface area contributed by atoms with Crippen LogP contribution in [0.2, 0.25) is 0 Å². The molecule has 6 nitrogen and oxygen atoms in total. The molecular weight excluding hydrogens is 384 g/mol. The van der Waals surface area contributed by atoms with Gasteiger partial charge in [-0.1, -0.05) is 36.4 Å². The molecular formula is C21H21F2NO5. The van der Waals surface area contributed by atoms with Gasteiger partial charge in [0.1, 0.15) is 5.56 Å². The molecule has 0 spiro atoms. The van der Waals surface area contributed by atoms with E-state index in [1.807, 2.05) is 30.3 Å². The predicted molar refractivity (Wildman–Crippen MR) is 100 cm³/mol. The number of carbonyl (C=O) groups excluding carboxylic acids is 2. The first-order valence-electron chi connectivity index (χ1n) is 9.06. The van der Waals surface area contributed by atoms with Crippen LogP contribution in [0.3, 0.4) is 0 Å². The minimum absolute atomic E-state index is 0.0391. The summed E-state index contributed by atoms with van der Waals surface area (Å²) in [5.41, 5.74) is 0.828. The minimum atomic E-state index is -3.14. The van der Waals surface area contributed by atoms with Gasteiger partial charge in [0, 0.05) is 12.0 Å². The van der Waals surface area contributed by atoms with Crippen molar-refractivity contribution >= 4 is 11.9 Å². The van der Waals surface area contributed by atoms with Crippen molar-refractivity contribution in [1.29, 1.82) is 0 Å². The van der Waals surface area contributed by atoms with Gasteiger partial charge in [0.25, 0.3) is 5.91 Å². The molecule has 0 atom stereocenters. The van der Waals surface area contributed by atoms with E-state index in [2.05, 4.69) is 10.1 Å². The Morgan fingerprint density at radius 2 is 1.83 bits per heavy atom. The Balaban J connectivity index is 1.56. The zero-order valence-corrected chi connectivity index (χ0v) is 15.8. The number of alkyl halides is 2. The average molecular weight is 405 g/mol. The standard InChI is InChI=1S/C21H21F2NO5/c1-27-16-9-5-8-15(18(16)29-20(22)23)19(26)28-12-17(25)24-13-21(10-11-21)14-6-3-2-4-7-14/h2-9,20H,10-13H2,1H3,(H,24,25). The quantitative estimate of drug-likeness (QED) is 0.648. The van der Waals surface area contributed by atoms with E-state index in [4.69, 9.17) is 9.47 Å². The van der Waals surface area contributed by atoms with Crippen molar-refractivity contribution < 1.29 is 32.6 Å². The van der Waals surface area contributed by atoms with Crippen molar-refractivity contribution in [2.45, 2.75) is 24.9 Å². The van der Waals surface area contributed by atoms with Gasteiger partial charge >= 0.3 is 12.6 Å². The maximum absolute atomic E-state index is 12.7. The highest BCUT2D eigenvalue weighted by Gasteiger charge is 2.44. The van der Waals surface area contributed by atoms with E-state index in [0.29, 0.717) is 6.54 Å². The number of esters is 1. The van der Waals surface area contributed by atoms with Crippen LogP contribution in [0.4, 0.5) is 8.78 Å². The Bertz CT molecular complexity index is 869. The second-order valence-electron chi connectivity index (χ2n) is 6.71. The number of nitrogens with one attached hydrogen (secondary N) is 1. The van der Waals surface area contributed by atoms with Gasteiger partial charge in [-0.3, -0.25) is 4.79 Å². The lowest BCUT2D eigenvalue weighted by Crippen LogP contribution is -2.35. The molecule has 0 bridgehead atoms. The second kappa shape index (κ2) is 8.89. The Morgan fingerprint density at radius 1 is 1.10 bits per heavy atom. The summed E-state index contributed by atoms with van der Waals surface area (Å²) >= 11 is 0. The molecule has 3 rings (SSSR count). The fourth-order valence-corrected chi connectivity index (χ4v) is 3.09. The molecule has 1 N–H and O–H groups in total. The highest BCUT2D eigenvalue weighted by Crippen LogP contribution is 2.47. The van der Waals surface area contributed by atoms with Gasteiger partial charge < -0.3 is 19.5 Å². The van der Waals surface area contributed by atoms with Gasteiger partial charge in [-0.25, -0.2) is 4.79 Å². The summed E-state index contributed by atoms with van der Waals surface area (Å²) in [7, 11) is 1.26. The molecule has 0 radical (unpaired) electrons.